The third-order valence-corrected chi connectivity index (χ3v) is 8.98. The molecule has 2 N–H and O–H groups in total. The second-order valence-corrected chi connectivity index (χ2v) is 12.6. The molecule has 0 aromatic carbocycles. The Hall–Kier alpha value is -1.57. The number of ether oxygens (including phenoxy) is 2. The number of rotatable bonds is 18. The fourth-order valence-electron chi connectivity index (χ4n) is 2.78. The molecule has 0 fully saturated rings. The number of carbonyl (C=O) groups is 4. The van der Waals surface area contributed by atoms with Gasteiger partial charge in [-0.3, -0.25) is 19.2 Å². The van der Waals surface area contributed by atoms with Gasteiger partial charge in [-0.15, -0.1) is 11.3 Å². The van der Waals surface area contributed by atoms with Gasteiger partial charge in [-0.05, 0) is 30.9 Å². The van der Waals surface area contributed by atoms with Gasteiger partial charge in [0.25, 0.3) is 0 Å². The van der Waals surface area contributed by atoms with E-state index in [0.29, 0.717) is 29.5 Å². The summed E-state index contributed by atoms with van der Waals surface area (Å²) in [6.07, 6.45) is 3.93. The van der Waals surface area contributed by atoms with Crippen LogP contribution in [0, 0.1) is 6.92 Å². The van der Waals surface area contributed by atoms with Crippen molar-refractivity contribution in [3.05, 3.63) is 45.5 Å². The Morgan fingerprint density at radius 3 is 2.03 bits per heavy atom. The van der Waals surface area contributed by atoms with Gasteiger partial charge in [0, 0.05) is 42.3 Å². The zero-order chi connectivity index (χ0) is 26.9. The molecule has 0 bridgehead atoms. The van der Waals surface area contributed by atoms with Crippen molar-refractivity contribution in [2.24, 2.45) is 0 Å². The van der Waals surface area contributed by atoms with Crippen LogP contribution in [0.3, 0.4) is 0 Å². The first-order valence-electron chi connectivity index (χ1n) is 11.2. The highest BCUT2D eigenvalue weighted by molar-refractivity contribution is 8.76. The van der Waals surface area contributed by atoms with E-state index in [1.54, 1.807) is 12.2 Å². The number of nitrogens with one attached hydrogen (secondary N) is 2. The van der Waals surface area contributed by atoms with Crippen molar-refractivity contribution in [2.45, 2.75) is 38.8 Å². The second kappa shape index (κ2) is 18.6. The largest absolute Gasteiger partial charge is 0.468 e. The van der Waals surface area contributed by atoms with Gasteiger partial charge in [0.1, 0.15) is 12.1 Å². The lowest BCUT2D eigenvalue weighted by atomic mass is 10.2. The summed E-state index contributed by atoms with van der Waals surface area (Å²) in [5.74, 6) is -0.0281. The van der Waals surface area contributed by atoms with Gasteiger partial charge < -0.3 is 20.1 Å². The van der Waals surface area contributed by atoms with Crippen LogP contribution in [-0.4, -0.2) is 73.7 Å². The second-order valence-electron chi connectivity index (χ2n) is 7.45. The van der Waals surface area contributed by atoms with Crippen LogP contribution in [0.25, 0.3) is 0 Å². The Morgan fingerprint density at radius 2 is 1.56 bits per heavy atom. The summed E-state index contributed by atoms with van der Waals surface area (Å²) in [6.45, 7) is 8.07. The summed E-state index contributed by atoms with van der Waals surface area (Å²) in [5.41, 5.74) is 0. The number of thioether (sulfide) groups is 1. The van der Waals surface area contributed by atoms with Crippen molar-refractivity contribution in [3.8, 4) is 0 Å². The minimum Gasteiger partial charge on any atom is -0.468 e. The van der Waals surface area contributed by atoms with E-state index in [-0.39, 0.29) is 23.7 Å². The van der Waals surface area contributed by atoms with Crippen molar-refractivity contribution in [1.82, 2.24) is 10.6 Å². The maximum absolute atomic E-state index is 12.3. The predicted octanol–water partition coefficient (Wildman–Crippen LogP) is 4.01. The Kier molecular flexibility index (Phi) is 16.8. The number of hydrogen-bond acceptors (Lipinski definition) is 12. The van der Waals surface area contributed by atoms with Crippen LogP contribution in [0.4, 0.5) is 0 Å². The van der Waals surface area contributed by atoms with Crippen molar-refractivity contribution in [1.29, 1.82) is 0 Å². The molecular formula is C24H34N2O6S4. The third-order valence-electron chi connectivity index (χ3n) is 4.63. The molecule has 0 aliphatic rings. The van der Waals surface area contributed by atoms with E-state index in [9.17, 15) is 19.2 Å². The average molecular weight is 575 g/mol. The summed E-state index contributed by atoms with van der Waals surface area (Å²) in [5, 5.41) is 6.14. The zero-order valence-corrected chi connectivity index (χ0v) is 24.3. The molecule has 12 heteroatoms. The summed E-state index contributed by atoms with van der Waals surface area (Å²) in [6, 6.07) is 2.54. The molecule has 36 heavy (non-hydrogen) atoms. The van der Waals surface area contributed by atoms with Crippen molar-refractivity contribution in [3.63, 3.8) is 0 Å². The predicted molar refractivity (Wildman–Crippen MR) is 152 cm³/mol. The lowest BCUT2D eigenvalue weighted by Crippen LogP contribution is -2.41. The summed E-state index contributed by atoms with van der Waals surface area (Å²) in [4.78, 5) is 51.2. The summed E-state index contributed by atoms with van der Waals surface area (Å²) < 4.78 is 9.73. The Bertz CT molecular complexity index is 918. The minimum absolute atomic E-state index is 0.0107. The fraction of sp³-hybridized carbons (Fsp3) is 0.500. The van der Waals surface area contributed by atoms with Gasteiger partial charge in [-0.2, -0.15) is 0 Å². The standard InChI is InChI=1S/C24H34N2O6S4/c1-6-7-16(2)36-22(28)11-13-26-19(24(30)32-5)15-34-33-14-18(23(29)31-4)25-12-10-20(27)21-9-8-17(3)35-21/h6-9,18-19,25-26H,1,10-15H2,2-5H3/b16-7-. The highest BCUT2D eigenvalue weighted by Gasteiger charge is 2.22. The third kappa shape index (κ3) is 13.1. The molecule has 1 aromatic heterocycles. The molecule has 200 valence electrons. The number of thiophene rings is 1. The van der Waals surface area contributed by atoms with Gasteiger partial charge in [0.15, 0.2) is 10.9 Å². The SMILES string of the molecule is C=C/C=C(/C)SC(=O)CCNC(CSSCC(NCCC(=O)c1ccc(C)s1)C(=O)OC)C(=O)OC. The molecule has 1 heterocycles. The van der Waals surface area contributed by atoms with Crippen LogP contribution in [-0.2, 0) is 23.9 Å². The lowest BCUT2D eigenvalue weighted by Gasteiger charge is -2.18. The number of allylic oxidation sites excluding steroid dienone is 3. The molecule has 2 atom stereocenters. The van der Waals surface area contributed by atoms with Gasteiger partial charge in [0.2, 0.25) is 0 Å². The minimum atomic E-state index is -0.591. The van der Waals surface area contributed by atoms with Crippen molar-refractivity contribution in [2.75, 3.05) is 38.8 Å². The van der Waals surface area contributed by atoms with Crippen LogP contribution in [0.5, 0.6) is 0 Å². The number of hydrogen-bond donors (Lipinski definition) is 2. The maximum atomic E-state index is 12.3. The first-order valence-corrected chi connectivity index (χ1v) is 15.3. The molecule has 0 amide bonds. The molecule has 0 aliphatic carbocycles. The number of ketones is 1. The number of methoxy groups -OCH3 is 2. The maximum Gasteiger partial charge on any atom is 0.323 e. The van der Waals surface area contributed by atoms with Crippen LogP contribution in [0.1, 0.15) is 34.3 Å². The molecular weight excluding hydrogens is 541 g/mol. The van der Waals surface area contributed by atoms with E-state index in [4.69, 9.17) is 9.47 Å². The van der Waals surface area contributed by atoms with E-state index in [1.807, 2.05) is 26.0 Å². The molecule has 0 aliphatic heterocycles. The van der Waals surface area contributed by atoms with Crippen LogP contribution in [0.2, 0.25) is 0 Å². The van der Waals surface area contributed by atoms with E-state index in [1.165, 1.54) is 47.1 Å². The average Bonchev–Trinajstić information content (AvgIpc) is 3.29. The van der Waals surface area contributed by atoms with Crippen molar-refractivity contribution >= 4 is 67.5 Å². The first-order chi connectivity index (χ1) is 17.2. The molecule has 8 nitrogen and oxygen atoms in total. The smallest absolute Gasteiger partial charge is 0.323 e. The highest BCUT2D eigenvalue weighted by Crippen LogP contribution is 2.24. The highest BCUT2D eigenvalue weighted by atomic mass is 33.1. The van der Waals surface area contributed by atoms with E-state index in [2.05, 4.69) is 17.2 Å². The lowest BCUT2D eigenvalue weighted by molar-refractivity contribution is -0.143. The van der Waals surface area contributed by atoms with Gasteiger partial charge in [-0.25, -0.2) is 0 Å². The zero-order valence-electron chi connectivity index (χ0n) is 21.0. The van der Waals surface area contributed by atoms with Gasteiger partial charge in [-0.1, -0.05) is 52.1 Å². The number of carbonyl (C=O) groups excluding carboxylic acids is 4. The Morgan fingerprint density at radius 1 is 1.00 bits per heavy atom. The fourth-order valence-corrected chi connectivity index (χ4v) is 6.71. The van der Waals surface area contributed by atoms with Crippen molar-refractivity contribution < 1.29 is 28.7 Å². The molecule has 0 spiro atoms. The number of esters is 2. The van der Waals surface area contributed by atoms with Gasteiger partial charge >= 0.3 is 11.9 Å². The van der Waals surface area contributed by atoms with Crippen LogP contribution < -0.4 is 10.6 Å². The Balaban J connectivity index is 2.45. The number of Topliss-reactive ketones (excluding diaryl/α,β-unsaturated/α-hetero) is 1. The normalized spacial score (nSPS) is 13.1. The van der Waals surface area contributed by atoms with E-state index < -0.39 is 24.0 Å². The van der Waals surface area contributed by atoms with Gasteiger partial charge in [0.05, 0.1) is 19.1 Å². The molecule has 1 rings (SSSR count). The first kappa shape index (κ1) is 32.5. The van der Waals surface area contributed by atoms with Crippen LogP contribution >= 0.6 is 44.7 Å². The molecule has 1 aromatic rings. The van der Waals surface area contributed by atoms with E-state index >= 15 is 0 Å². The number of aryl methyl sites for hydroxylation is 1. The summed E-state index contributed by atoms with van der Waals surface area (Å²) in [7, 11) is 5.45. The molecule has 0 radical (unpaired) electrons. The molecule has 2 unspecified atom stereocenters. The Labute approximate surface area is 229 Å². The van der Waals surface area contributed by atoms with Crippen LogP contribution in [0.15, 0.2) is 35.8 Å². The quantitative estimate of drug-likeness (QED) is 0.0872. The molecule has 0 saturated heterocycles. The topological polar surface area (TPSA) is 111 Å². The van der Waals surface area contributed by atoms with E-state index in [0.717, 1.165) is 21.5 Å². The summed E-state index contributed by atoms with van der Waals surface area (Å²) >= 11 is 2.60. The monoisotopic (exact) mass is 574 g/mol. The molecule has 0 saturated carbocycles.